The van der Waals surface area contributed by atoms with Crippen LogP contribution in [0.4, 0.5) is 0 Å². The van der Waals surface area contributed by atoms with Crippen molar-refractivity contribution in [3.63, 3.8) is 0 Å². The maximum absolute atomic E-state index is 13.9. The van der Waals surface area contributed by atoms with Crippen molar-refractivity contribution in [1.29, 1.82) is 0 Å². The maximum atomic E-state index is 13.9. The average molecular weight is 644 g/mol. The van der Waals surface area contributed by atoms with E-state index >= 15 is 0 Å². The molecule has 1 saturated heterocycles. The van der Waals surface area contributed by atoms with Gasteiger partial charge >= 0.3 is 11.9 Å². The Hall–Kier alpha value is -2.28. The van der Waals surface area contributed by atoms with Crippen LogP contribution in [0.3, 0.4) is 0 Å². The number of piperidine rings is 1. The second kappa shape index (κ2) is 11.1. The van der Waals surface area contributed by atoms with Crippen molar-refractivity contribution in [2.75, 3.05) is 55.2 Å². The number of carbonyl (C=O) groups excluding carboxylic acids is 2. The standard InChI is InChI=1S/C35H49NO10/c1-8-36-17-32(18-40-3)14-13-23(42-5)35-22-15-33(39)24(43-6)16-34(46-19(2)37,26(29(35)36)27(44-7)28(32)35)25(22)30(33)45-31(38)20-9-11-21(41-4)12-10-20/h9-12,22-30,39H,8,13-18H2,1-7H3/t22-,23-,24+,25-,26-,27-,28+,29-,30-,32-,33+,34+,35+/m0/s1. The lowest BCUT2D eigenvalue weighted by Gasteiger charge is -2.69. The first-order chi connectivity index (χ1) is 22.1. The number of rotatable bonds is 10. The highest BCUT2D eigenvalue weighted by molar-refractivity contribution is 5.89. The quantitative estimate of drug-likeness (QED) is 0.379. The van der Waals surface area contributed by atoms with E-state index in [-0.39, 0.29) is 47.8 Å². The topological polar surface area (TPSA) is 122 Å². The van der Waals surface area contributed by atoms with Crippen LogP contribution in [0.25, 0.3) is 0 Å². The first-order valence-electron chi connectivity index (χ1n) is 16.6. The molecule has 254 valence electrons. The molecule has 0 unspecified atom stereocenters. The van der Waals surface area contributed by atoms with Gasteiger partial charge in [0.15, 0.2) is 0 Å². The summed E-state index contributed by atoms with van der Waals surface area (Å²) in [6.07, 6.45) is 0.142. The molecule has 11 nitrogen and oxygen atoms in total. The smallest absolute Gasteiger partial charge is 0.338 e. The molecule has 5 saturated carbocycles. The fourth-order valence-electron chi connectivity index (χ4n) is 12.4. The molecule has 5 aliphatic carbocycles. The molecule has 0 amide bonds. The molecule has 0 aromatic heterocycles. The Labute approximate surface area is 271 Å². The van der Waals surface area contributed by atoms with Crippen molar-refractivity contribution >= 4 is 11.9 Å². The SMILES string of the molecule is CCN1C[C@]2(COC)CC[C@H](OC)[C@@]34[C@@H]1[C@H]([C@H](OC)[C@H]23)[C@@]1(OC(C)=O)C[C@@H](OC)[C@]2(O)C[C@H]4[C@H]1[C@@H]2OC(=O)c1ccc(OC)cc1. The van der Waals surface area contributed by atoms with E-state index in [0.29, 0.717) is 24.3 Å². The van der Waals surface area contributed by atoms with Gasteiger partial charge in [-0.25, -0.2) is 4.79 Å². The Morgan fingerprint density at radius 1 is 0.978 bits per heavy atom. The van der Waals surface area contributed by atoms with E-state index in [1.165, 1.54) is 6.92 Å². The lowest BCUT2D eigenvalue weighted by Crippen LogP contribution is -2.77. The minimum Gasteiger partial charge on any atom is -0.497 e. The molecule has 6 fully saturated rings. The Kier molecular flexibility index (Phi) is 7.81. The third-order valence-electron chi connectivity index (χ3n) is 13.3. The minimum absolute atomic E-state index is 0.00534. The number of aliphatic hydroxyl groups is 1. The van der Waals surface area contributed by atoms with Crippen LogP contribution in [0.15, 0.2) is 24.3 Å². The van der Waals surface area contributed by atoms with Crippen LogP contribution in [0.5, 0.6) is 5.75 Å². The molecule has 6 aliphatic rings. The zero-order valence-corrected chi connectivity index (χ0v) is 28.0. The van der Waals surface area contributed by atoms with Crippen LogP contribution in [0.2, 0.25) is 0 Å². The Bertz CT molecular complexity index is 1360. The molecule has 11 heteroatoms. The van der Waals surface area contributed by atoms with E-state index in [2.05, 4.69) is 11.8 Å². The van der Waals surface area contributed by atoms with Crippen molar-refractivity contribution in [2.45, 2.75) is 81.2 Å². The molecular weight excluding hydrogens is 594 g/mol. The number of ether oxygens (including phenoxy) is 7. The second-order valence-electron chi connectivity index (χ2n) is 14.6. The van der Waals surface area contributed by atoms with Crippen molar-refractivity contribution in [3.05, 3.63) is 29.8 Å². The van der Waals surface area contributed by atoms with Gasteiger partial charge in [0.1, 0.15) is 23.1 Å². The lowest BCUT2D eigenvalue weighted by atomic mass is 9.43. The first kappa shape index (κ1) is 32.3. The maximum Gasteiger partial charge on any atom is 0.338 e. The van der Waals surface area contributed by atoms with E-state index in [4.69, 9.17) is 33.2 Å². The van der Waals surface area contributed by atoms with Gasteiger partial charge in [-0.05, 0) is 56.0 Å². The van der Waals surface area contributed by atoms with Gasteiger partial charge in [-0.3, -0.25) is 9.69 Å². The van der Waals surface area contributed by atoms with E-state index < -0.39 is 46.7 Å². The zero-order valence-electron chi connectivity index (χ0n) is 28.0. The zero-order chi connectivity index (χ0) is 32.8. The van der Waals surface area contributed by atoms with Gasteiger partial charge in [0, 0.05) is 83.0 Å². The fourth-order valence-corrected chi connectivity index (χ4v) is 12.4. The van der Waals surface area contributed by atoms with Gasteiger partial charge < -0.3 is 38.3 Å². The van der Waals surface area contributed by atoms with Gasteiger partial charge in [-0.2, -0.15) is 0 Å². The van der Waals surface area contributed by atoms with Crippen LogP contribution in [0.1, 0.15) is 49.9 Å². The van der Waals surface area contributed by atoms with E-state index in [9.17, 15) is 14.7 Å². The summed E-state index contributed by atoms with van der Waals surface area (Å²) < 4.78 is 43.6. The summed E-state index contributed by atoms with van der Waals surface area (Å²) in [5.41, 5.74) is -3.03. The number of esters is 2. The van der Waals surface area contributed by atoms with Crippen LogP contribution in [-0.2, 0) is 33.2 Å². The highest BCUT2D eigenvalue weighted by atomic mass is 16.6. The molecule has 1 spiro atoms. The number of benzene rings is 1. The molecular formula is C35H49NO10. The van der Waals surface area contributed by atoms with E-state index in [1.54, 1.807) is 59.8 Å². The van der Waals surface area contributed by atoms with E-state index in [0.717, 1.165) is 25.9 Å². The summed E-state index contributed by atoms with van der Waals surface area (Å²) >= 11 is 0. The van der Waals surface area contributed by atoms with Gasteiger partial charge in [0.05, 0.1) is 37.6 Å². The van der Waals surface area contributed by atoms with Gasteiger partial charge in [0.2, 0.25) is 0 Å². The van der Waals surface area contributed by atoms with Gasteiger partial charge in [-0.15, -0.1) is 0 Å². The molecule has 1 aromatic carbocycles. The van der Waals surface area contributed by atoms with E-state index in [1.807, 2.05) is 0 Å². The first-order valence-corrected chi connectivity index (χ1v) is 16.6. The Morgan fingerprint density at radius 3 is 2.28 bits per heavy atom. The van der Waals surface area contributed by atoms with Crippen LogP contribution in [-0.4, -0.2) is 119 Å². The molecule has 7 bridgehead atoms. The Morgan fingerprint density at radius 2 is 1.70 bits per heavy atom. The van der Waals surface area contributed by atoms with Gasteiger partial charge in [0.25, 0.3) is 0 Å². The average Bonchev–Trinajstić information content (AvgIpc) is 3.42. The normalized spacial score (nSPS) is 46.6. The Balaban J connectivity index is 1.46. The van der Waals surface area contributed by atoms with Crippen molar-refractivity contribution in [2.24, 2.45) is 34.5 Å². The summed E-state index contributed by atoms with van der Waals surface area (Å²) in [4.78, 5) is 29.7. The predicted molar refractivity (Wildman–Crippen MR) is 164 cm³/mol. The third kappa shape index (κ3) is 3.87. The van der Waals surface area contributed by atoms with Crippen LogP contribution in [0, 0.1) is 34.5 Å². The lowest BCUT2D eigenvalue weighted by molar-refractivity contribution is -0.287. The largest absolute Gasteiger partial charge is 0.497 e. The van der Waals surface area contributed by atoms with Crippen molar-refractivity contribution < 1.29 is 47.9 Å². The molecule has 1 aromatic rings. The van der Waals surface area contributed by atoms with Crippen LogP contribution < -0.4 is 4.74 Å². The number of hydrogen-bond acceptors (Lipinski definition) is 11. The second-order valence-corrected chi connectivity index (χ2v) is 14.6. The predicted octanol–water partition coefficient (Wildman–Crippen LogP) is 2.72. The molecule has 1 heterocycles. The molecule has 0 radical (unpaired) electrons. The summed E-state index contributed by atoms with van der Waals surface area (Å²) in [6.45, 7) is 5.80. The molecule has 1 aliphatic heterocycles. The minimum atomic E-state index is -1.51. The highest BCUT2D eigenvalue weighted by Gasteiger charge is 2.89. The van der Waals surface area contributed by atoms with Gasteiger partial charge in [-0.1, -0.05) is 6.92 Å². The summed E-state index contributed by atoms with van der Waals surface area (Å²) in [6, 6.07) is 6.66. The molecule has 13 atom stereocenters. The number of fused-ring (bicyclic) bond motifs is 2. The number of likely N-dealkylation sites (tertiary alicyclic amines) is 1. The number of hydrogen-bond donors (Lipinski definition) is 1. The monoisotopic (exact) mass is 643 g/mol. The van der Waals surface area contributed by atoms with Crippen molar-refractivity contribution in [3.8, 4) is 5.75 Å². The summed E-state index contributed by atoms with van der Waals surface area (Å²) in [5.74, 6) is -1.38. The summed E-state index contributed by atoms with van der Waals surface area (Å²) in [7, 11) is 8.44. The van der Waals surface area contributed by atoms with Crippen molar-refractivity contribution in [1.82, 2.24) is 4.90 Å². The van der Waals surface area contributed by atoms with Crippen LogP contribution >= 0.6 is 0 Å². The fraction of sp³-hybridized carbons (Fsp3) is 0.771. The third-order valence-corrected chi connectivity index (χ3v) is 13.3. The number of methoxy groups -OCH3 is 5. The highest BCUT2D eigenvalue weighted by Crippen LogP contribution is 2.80. The number of nitrogens with zero attached hydrogens (tertiary/aromatic N) is 1. The molecule has 1 N–H and O–H groups in total. The molecule has 7 rings (SSSR count). The summed E-state index contributed by atoms with van der Waals surface area (Å²) in [5, 5.41) is 12.8. The number of carbonyl (C=O) groups is 2. The molecule has 46 heavy (non-hydrogen) atoms.